The Labute approximate surface area is 141 Å². The molecule has 0 spiro atoms. The summed E-state index contributed by atoms with van der Waals surface area (Å²) in [6, 6.07) is 14.4. The second-order valence-corrected chi connectivity index (χ2v) is 5.24. The average molecular weight is 327 g/mol. The zero-order chi connectivity index (χ0) is 17.4. The maximum atomic E-state index is 11.9. The van der Waals surface area contributed by atoms with Crippen LogP contribution < -0.4 is 20.7 Å². The number of amides is 3. The third-order valence-electron chi connectivity index (χ3n) is 3.30. The van der Waals surface area contributed by atoms with Gasteiger partial charge in [-0.2, -0.15) is 0 Å². The second-order valence-electron chi connectivity index (χ2n) is 5.24. The van der Waals surface area contributed by atoms with Gasteiger partial charge in [-0.25, -0.2) is 4.79 Å². The van der Waals surface area contributed by atoms with Gasteiger partial charge in [-0.15, -0.1) is 0 Å². The topological polar surface area (TPSA) is 79.5 Å². The number of carbonyl (C=O) groups is 2. The van der Waals surface area contributed by atoms with E-state index in [0.29, 0.717) is 17.9 Å². The normalized spacial score (nSPS) is 9.92. The van der Waals surface area contributed by atoms with Gasteiger partial charge < -0.3 is 20.7 Å². The zero-order valence-corrected chi connectivity index (χ0v) is 13.8. The third kappa shape index (κ3) is 5.64. The van der Waals surface area contributed by atoms with E-state index in [1.807, 2.05) is 24.3 Å². The predicted octanol–water partition coefficient (Wildman–Crippen LogP) is 3.02. The van der Waals surface area contributed by atoms with E-state index in [2.05, 4.69) is 16.0 Å². The van der Waals surface area contributed by atoms with E-state index in [-0.39, 0.29) is 11.9 Å². The second kappa shape index (κ2) is 8.57. The van der Waals surface area contributed by atoms with Crippen molar-refractivity contribution in [3.05, 3.63) is 54.1 Å². The highest BCUT2D eigenvalue weighted by atomic mass is 16.5. The van der Waals surface area contributed by atoms with Gasteiger partial charge >= 0.3 is 6.03 Å². The number of methoxy groups -OCH3 is 1. The monoisotopic (exact) mass is 327 g/mol. The van der Waals surface area contributed by atoms with Crippen LogP contribution in [-0.2, 0) is 11.2 Å². The van der Waals surface area contributed by atoms with Gasteiger partial charge in [-0.3, -0.25) is 4.79 Å². The van der Waals surface area contributed by atoms with Crippen molar-refractivity contribution in [2.45, 2.75) is 13.3 Å². The van der Waals surface area contributed by atoms with E-state index < -0.39 is 0 Å². The Bertz CT molecular complexity index is 699. The molecule has 0 fully saturated rings. The van der Waals surface area contributed by atoms with Crippen molar-refractivity contribution in [3.63, 3.8) is 0 Å². The van der Waals surface area contributed by atoms with Crippen molar-refractivity contribution >= 4 is 23.3 Å². The summed E-state index contributed by atoms with van der Waals surface area (Å²) in [5, 5.41) is 8.21. The van der Waals surface area contributed by atoms with Gasteiger partial charge in [0.15, 0.2) is 0 Å². The van der Waals surface area contributed by atoms with Crippen LogP contribution in [0, 0.1) is 0 Å². The van der Waals surface area contributed by atoms with Crippen LogP contribution in [-0.4, -0.2) is 25.6 Å². The Balaban J connectivity index is 1.79. The van der Waals surface area contributed by atoms with E-state index in [0.717, 1.165) is 17.7 Å². The molecule has 6 heteroatoms. The standard InChI is InChI=1S/C18H21N3O3/c1-13(22)20-15-4-3-5-16(12-15)21-18(23)19-11-10-14-6-8-17(24-2)9-7-14/h3-9,12H,10-11H2,1-2H3,(H,20,22)(H2,19,21,23). The van der Waals surface area contributed by atoms with Crippen molar-refractivity contribution in [2.24, 2.45) is 0 Å². The first-order chi connectivity index (χ1) is 11.6. The summed E-state index contributed by atoms with van der Waals surface area (Å²) in [5.41, 5.74) is 2.37. The maximum absolute atomic E-state index is 11.9. The molecule has 0 aliphatic rings. The van der Waals surface area contributed by atoms with Crippen molar-refractivity contribution in [1.82, 2.24) is 5.32 Å². The molecule has 2 aromatic rings. The number of urea groups is 1. The first-order valence-electron chi connectivity index (χ1n) is 7.62. The van der Waals surface area contributed by atoms with Crippen molar-refractivity contribution in [1.29, 1.82) is 0 Å². The molecular weight excluding hydrogens is 306 g/mol. The predicted molar refractivity (Wildman–Crippen MR) is 94.5 cm³/mol. The quantitative estimate of drug-likeness (QED) is 0.763. The van der Waals surface area contributed by atoms with Crippen LogP contribution in [0.1, 0.15) is 12.5 Å². The van der Waals surface area contributed by atoms with Crippen molar-refractivity contribution in [2.75, 3.05) is 24.3 Å². The molecule has 0 aliphatic heterocycles. The van der Waals surface area contributed by atoms with E-state index >= 15 is 0 Å². The summed E-state index contributed by atoms with van der Waals surface area (Å²) in [5.74, 6) is 0.652. The van der Waals surface area contributed by atoms with Crippen LogP contribution in [0.2, 0.25) is 0 Å². The van der Waals surface area contributed by atoms with Crippen LogP contribution in [0.4, 0.5) is 16.2 Å². The minimum absolute atomic E-state index is 0.156. The van der Waals surface area contributed by atoms with Crippen LogP contribution in [0.15, 0.2) is 48.5 Å². The molecule has 0 radical (unpaired) electrons. The first kappa shape index (κ1) is 17.3. The fraction of sp³-hybridized carbons (Fsp3) is 0.222. The van der Waals surface area contributed by atoms with Crippen LogP contribution in [0.3, 0.4) is 0 Å². The molecule has 0 saturated heterocycles. The number of hydrogen-bond donors (Lipinski definition) is 3. The van der Waals surface area contributed by atoms with Crippen LogP contribution in [0.25, 0.3) is 0 Å². The highest BCUT2D eigenvalue weighted by Gasteiger charge is 2.03. The minimum Gasteiger partial charge on any atom is -0.497 e. The summed E-state index contributed by atoms with van der Waals surface area (Å²) >= 11 is 0. The number of rotatable bonds is 6. The van der Waals surface area contributed by atoms with Gasteiger partial charge in [-0.05, 0) is 42.3 Å². The number of benzene rings is 2. The molecule has 6 nitrogen and oxygen atoms in total. The van der Waals surface area contributed by atoms with E-state index in [1.54, 1.807) is 31.4 Å². The molecule has 0 aliphatic carbocycles. The summed E-state index contributed by atoms with van der Waals surface area (Å²) < 4.78 is 5.11. The lowest BCUT2D eigenvalue weighted by Gasteiger charge is -2.09. The molecule has 2 aromatic carbocycles. The van der Waals surface area contributed by atoms with Gasteiger partial charge in [0.1, 0.15) is 5.75 Å². The van der Waals surface area contributed by atoms with Crippen molar-refractivity contribution < 1.29 is 14.3 Å². The van der Waals surface area contributed by atoms with Gasteiger partial charge in [0.05, 0.1) is 7.11 Å². The van der Waals surface area contributed by atoms with Gasteiger partial charge in [0.2, 0.25) is 5.91 Å². The minimum atomic E-state index is -0.288. The lowest BCUT2D eigenvalue weighted by Crippen LogP contribution is -2.30. The van der Waals surface area contributed by atoms with Gasteiger partial charge in [0, 0.05) is 24.8 Å². The van der Waals surface area contributed by atoms with Crippen molar-refractivity contribution in [3.8, 4) is 5.75 Å². The third-order valence-corrected chi connectivity index (χ3v) is 3.30. The Morgan fingerprint density at radius 3 is 2.29 bits per heavy atom. The Morgan fingerprint density at radius 1 is 1.00 bits per heavy atom. The summed E-state index contributed by atoms with van der Waals surface area (Å²) in [7, 11) is 1.63. The van der Waals surface area contributed by atoms with E-state index in [4.69, 9.17) is 4.74 Å². The van der Waals surface area contributed by atoms with Crippen LogP contribution >= 0.6 is 0 Å². The molecule has 24 heavy (non-hydrogen) atoms. The highest BCUT2D eigenvalue weighted by Crippen LogP contribution is 2.15. The molecule has 126 valence electrons. The largest absolute Gasteiger partial charge is 0.497 e. The summed E-state index contributed by atoms with van der Waals surface area (Å²) in [6.07, 6.45) is 0.726. The molecule has 0 saturated carbocycles. The SMILES string of the molecule is COc1ccc(CCNC(=O)Nc2cccc(NC(C)=O)c2)cc1. The highest BCUT2D eigenvalue weighted by molar-refractivity contribution is 5.92. The Hall–Kier alpha value is -3.02. The summed E-state index contributed by atoms with van der Waals surface area (Å²) in [6.45, 7) is 1.95. The molecule has 3 amide bonds. The molecule has 0 heterocycles. The maximum Gasteiger partial charge on any atom is 0.319 e. The number of anilines is 2. The number of nitrogens with one attached hydrogen (secondary N) is 3. The van der Waals surface area contributed by atoms with E-state index in [1.165, 1.54) is 6.92 Å². The Morgan fingerprint density at radius 2 is 1.67 bits per heavy atom. The average Bonchev–Trinajstić information content (AvgIpc) is 2.55. The van der Waals surface area contributed by atoms with Gasteiger partial charge in [-0.1, -0.05) is 18.2 Å². The van der Waals surface area contributed by atoms with E-state index in [9.17, 15) is 9.59 Å². The zero-order valence-electron chi connectivity index (χ0n) is 13.8. The molecule has 0 unspecified atom stereocenters. The smallest absolute Gasteiger partial charge is 0.319 e. The molecule has 0 atom stereocenters. The lowest BCUT2D eigenvalue weighted by molar-refractivity contribution is -0.114. The molecule has 2 rings (SSSR count). The lowest BCUT2D eigenvalue weighted by atomic mass is 10.1. The Kier molecular flexibility index (Phi) is 6.19. The number of hydrogen-bond acceptors (Lipinski definition) is 3. The summed E-state index contributed by atoms with van der Waals surface area (Å²) in [4.78, 5) is 23.0. The molecule has 0 bridgehead atoms. The fourth-order valence-corrected chi connectivity index (χ4v) is 2.17. The molecule has 3 N–H and O–H groups in total. The first-order valence-corrected chi connectivity index (χ1v) is 7.62. The molecule has 0 aromatic heterocycles. The van der Waals surface area contributed by atoms with Gasteiger partial charge in [0.25, 0.3) is 0 Å². The number of carbonyl (C=O) groups excluding carboxylic acids is 2. The molecular formula is C18H21N3O3. The van der Waals surface area contributed by atoms with Crippen LogP contribution in [0.5, 0.6) is 5.75 Å². The number of ether oxygens (including phenoxy) is 1. The fourth-order valence-electron chi connectivity index (χ4n) is 2.17.